The summed E-state index contributed by atoms with van der Waals surface area (Å²) in [6.45, 7) is 6.54. The molecule has 0 aliphatic carbocycles. The molecule has 0 N–H and O–H groups in total. The van der Waals surface area contributed by atoms with E-state index in [1.807, 2.05) is 0 Å². The molecule has 0 atom stereocenters. The first kappa shape index (κ1) is 31.4. The Balaban J connectivity index is 0.000000362. The highest BCUT2D eigenvalue weighted by molar-refractivity contribution is 6.29. The molecule has 0 unspecified atom stereocenters. The summed E-state index contributed by atoms with van der Waals surface area (Å²) < 4.78 is 85.5. The summed E-state index contributed by atoms with van der Waals surface area (Å²) in [5.41, 5.74) is -3.59. The van der Waals surface area contributed by atoms with Gasteiger partial charge in [0.1, 0.15) is 15.9 Å². The standard InChI is InChI=1S/C12H13ClF3NO2.C10H9ClF3NO2/c1-11(2,3)19-10(18)6-8-7(12(14,15)16)4-5-9(13)17-8;1-2-17-9(16)5-7-6(10(12,13)14)3-4-8(11)15-7/h4-5H,6H2,1-3H3;3-4H,2,5H2,1H3. The monoisotopic (exact) mass is 562 g/mol. The number of pyridine rings is 2. The van der Waals surface area contributed by atoms with Crippen molar-refractivity contribution >= 4 is 35.1 Å². The third-order valence-electron chi connectivity index (χ3n) is 3.84. The quantitative estimate of drug-likeness (QED) is 0.235. The topological polar surface area (TPSA) is 78.4 Å². The fourth-order valence-corrected chi connectivity index (χ4v) is 2.93. The van der Waals surface area contributed by atoms with Crippen molar-refractivity contribution in [2.75, 3.05) is 6.61 Å². The van der Waals surface area contributed by atoms with Crippen molar-refractivity contribution in [3.8, 4) is 0 Å². The van der Waals surface area contributed by atoms with Gasteiger partial charge in [0.15, 0.2) is 0 Å². The molecule has 200 valence electrons. The second-order valence-electron chi connectivity index (χ2n) is 8.00. The lowest BCUT2D eigenvalue weighted by molar-refractivity contribution is -0.154. The van der Waals surface area contributed by atoms with Crippen LogP contribution in [0.1, 0.15) is 50.2 Å². The number of hydrogen-bond acceptors (Lipinski definition) is 6. The lowest BCUT2D eigenvalue weighted by Crippen LogP contribution is -2.26. The highest BCUT2D eigenvalue weighted by atomic mass is 35.5. The van der Waals surface area contributed by atoms with Crippen molar-refractivity contribution < 1.29 is 45.4 Å². The molecule has 2 aromatic heterocycles. The van der Waals surface area contributed by atoms with Gasteiger partial charge in [-0.15, -0.1) is 0 Å². The molecule has 2 heterocycles. The maximum absolute atomic E-state index is 12.7. The van der Waals surface area contributed by atoms with Crippen molar-refractivity contribution in [2.24, 2.45) is 0 Å². The molecule has 14 heteroatoms. The summed E-state index contributed by atoms with van der Waals surface area (Å²) >= 11 is 11.0. The number of carbonyl (C=O) groups excluding carboxylic acids is 2. The molecular weight excluding hydrogens is 541 g/mol. The summed E-state index contributed by atoms with van der Waals surface area (Å²) in [6, 6.07) is 3.65. The van der Waals surface area contributed by atoms with Crippen LogP contribution in [0, 0.1) is 0 Å². The minimum Gasteiger partial charge on any atom is -0.466 e. The van der Waals surface area contributed by atoms with E-state index in [1.54, 1.807) is 27.7 Å². The SMILES string of the molecule is CC(C)(C)OC(=O)Cc1nc(Cl)ccc1C(F)(F)F.CCOC(=O)Cc1nc(Cl)ccc1C(F)(F)F. The number of carbonyl (C=O) groups is 2. The average Bonchev–Trinajstić information content (AvgIpc) is 2.65. The van der Waals surface area contributed by atoms with Gasteiger partial charge < -0.3 is 9.47 Å². The first-order chi connectivity index (χ1) is 16.3. The van der Waals surface area contributed by atoms with E-state index in [-0.39, 0.29) is 16.9 Å². The molecular formula is C22H22Cl2F6N2O4. The van der Waals surface area contributed by atoms with Crippen LogP contribution in [0.5, 0.6) is 0 Å². The molecule has 0 fully saturated rings. The molecule has 0 aliphatic heterocycles. The van der Waals surface area contributed by atoms with Crippen molar-refractivity contribution in [3.05, 3.63) is 57.1 Å². The Labute approximate surface area is 212 Å². The van der Waals surface area contributed by atoms with Gasteiger partial charge in [-0.05, 0) is 52.0 Å². The third kappa shape index (κ3) is 11.0. The van der Waals surface area contributed by atoms with Crippen LogP contribution in [0.3, 0.4) is 0 Å². The largest absolute Gasteiger partial charge is 0.466 e. The molecule has 0 aliphatic rings. The number of esters is 2. The Hall–Kier alpha value is -2.60. The van der Waals surface area contributed by atoms with Gasteiger partial charge in [0.05, 0.1) is 42.0 Å². The van der Waals surface area contributed by atoms with Crippen LogP contribution in [0.4, 0.5) is 26.3 Å². The summed E-state index contributed by atoms with van der Waals surface area (Å²) in [7, 11) is 0. The number of hydrogen-bond donors (Lipinski definition) is 0. The van der Waals surface area contributed by atoms with Crippen LogP contribution in [0.2, 0.25) is 10.3 Å². The Morgan fingerprint density at radius 1 is 0.778 bits per heavy atom. The molecule has 2 aromatic rings. The summed E-state index contributed by atoms with van der Waals surface area (Å²) in [5.74, 6) is -1.56. The predicted molar refractivity (Wildman–Crippen MR) is 118 cm³/mol. The lowest BCUT2D eigenvalue weighted by Gasteiger charge is -2.20. The minimum atomic E-state index is -4.59. The molecule has 0 amide bonds. The van der Waals surface area contributed by atoms with Gasteiger partial charge in [-0.25, -0.2) is 9.97 Å². The Kier molecular flexibility index (Phi) is 11.0. The third-order valence-corrected chi connectivity index (χ3v) is 4.26. The van der Waals surface area contributed by atoms with Crippen molar-refractivity contribution in [1.82, 2.24) is 9.97 Å². The Bertz CT molecular complexity index is 1070. The zero-order valence-corrected chi connectivity index (χ0v) is 21.0. The van der Waals surface area contributed by atoms with E-state index >= 15 is 0 Å². The van der Waals surface area contributed by atoms with Crippen LogP contribution < -0.4 is 0 Å². The van der Waals surface area contributed by atoms with Crippen LogP contribution in [-0.2, 0) is 44.3 Å². The molecule has 0 spiro atoms. The number of aromatic nitrogens is 2. The van der Waals surface area contributed by atoms with Crippen molar-refractivity contribution in [1.29, 1.82) is 0 Å². The van der Waals surface area contributed by atoms with E-state index in [2.05, 4.69) is 14.7 Å². The first-order valence-corrected chi connectivity index (χ1v) is 10.9. The second kappa shape index (κ2) is 12.6. The van der Waals surface area contributed by atoms with Gasteiger partial charge in [0.25, 0.3) is 0 Å². The number of alkyl halides is 6. The molecule has 0 aromatic carbocycles. The van der Waals surface area contributed by atoms with Crippen LogP contribution in [-0.4, -0.2) is 34.1 Å². The van der Waals surface area contributed by atoms with E-state index < -0.39 is 65.2 Å². The molecule has 36 heavy (non-hydrogen) atoms. The van der Waals surface area contributed by atoms with Gasteiger partial charge in [-0.1, -0.05) is 23.2 Å². The van der Waals surface area contributed by atoms with Gasteiger partial charge in [-0.2, -0.15) is 26.3 Å². The van der Waals surface area contributed by atoms with Crippen molar-refractivity contribution in [3.63, 3.8) is 0 Å². The van der Waals surface area contributed by atoms with Crippen LogP contribution in [0.15, 0.2) is 24.3 Å². The summed E-state index contributed by atoms with van der Waals surface area (Å²) in [5, 5.41) is -0.205. The average molecular weight is 563 g/mol. The second-order valence-corrected chi connectivity index (χ2v) is 8.77. The fourth-order valence-electron chi connectivity index (χ4n) is 2.60. The number of rotatable bonds is 5. The van der Waals surface area contributed by atoms with E-state index in [0.29, 0.717) is 0 Å². The van der Waals surface area contributed by atoms with E-state index in [4.69, 9.17) is 27.9 Å². The van der Waals surface area contributed by atoms with Crippen LogP contribution in [0.25, 0.3) is 0 Å². The summed E-state index contributed by atoms with van der Waals surface area (Å²) in [6.07, 6.45) is -10.3. The minimum absolute atomic E-state index is 0.0980. The highest BCUT2D eigenvalue weighted by Crippen LogP contribution is 2.33. The van der Waals surface area contributed by atoms with E-state index in [0.717, 1.165) is 24.3 Å². The van der Waals surface area contributed by atoms with Gasteiger partial charge >= 0.3 is 24.3 Å². The molecule has 6 nitrogen and oxygen atoms in total. The molecule has 0 bridgehead atoms. The van der Waals surface area contributed by atoms with Gasteiger partial charge in [0.2, 0.25) is 0 Å². The highest BCUT2D eigenvalue weighted by Gasteiger charge is 2.36. The predicted octanol–water partition coefficient (Wildman–Crippen LogP) is 6.50. The van der Waals surface area contributed by atoms with Crippen LogP contribution >= 0.6 is 23.2 Å². The summed E-state index contributed by atoms with van der Waals surface area (Å²) in [4.78, 5) is 29.7. The Morgan fingerprint density at radius 3 is 1.50 bits per heavy atom. The number of halogens is 8. The van der Waals surface area contributed by atoms with Gasteiger partial charge in [-0.3, -0.25) is 9.59 Å². The molecule has 2 rings (SSSR count). The first-order valence-electron chi connectivity index (χ1n) is 10.2. The Morgan fingerprint density at radius 2 is 1.17 bits per heavy atom. The molecule has 0 radical (unpaired) electrons. The lowest BCUT2D eigenvalue weighted by atomic mass is 10.1. The molecule has 0 saturated heterocycles. The fraction of sp³-hybridized carbons (Fsp3) is 0.455. The normalized spacial score (nSPS) is 11.9. The molecule has 0 saturated carbocycles. The maximum atomic E-state index is 12.7. The smallest absolute Gasteiger partial charge is 0.418 e. The van der Waals surface area contributed by atoms with Crippen molar-refractivity contribution in [2.45, 2.75) is 58.5 Å². The maximum Gasteiger partial charge on any atom is 0.418 e. The van der Waals surface area contributed by atoms with E-state index in [1.165, 1.54) is 0 Å². The van der Waals surface area contributed by atoms with E-state index in [9.17, 15) is 35.9 Å². The number of ether oxygens (including phenoxy) is 2. The zero-order valence-electron chi connectivity index (χ0n) is 19.5. The number of nitrogens with zero attached hydrogens (tertiary/aromatic N) is 2. The van der Waals surface area contributed by atoms with Gasteiger partial charge in [0, 0.05) is 0 Å². The zero-order chi connectivity index (χ0) is 27.9.